The van der Waals surface area contributed by atoms with Crippen LogP contribution in [-0.4, -0.2) is 19.0 Å². The number of alkyl halides is 3. The van der Waals surface area contributed by atoms with Gasteiger partial charge in [0.15, 0.2) is 0 Å². The largest absolute Gasteiger partial charge is 0.416 e. The van der Waals surface area contributed by atoms with E-state index in [1.54, 1.807) is 0 Å². The second-order valence-electron chi connectivity index (χ2n) is 4.63. The Bertz CT molecular complexity index is 475. The summed E-state index contributed by atoms with van der Waals surface area (Å²) >= 11 is 0. The molecule has 0 bridgehead atoms. The summed E-state index contributed by atoms with van der Waals surface area (Å²) < 4.78 is 38.2. The minimum Gasteiger partial charge on any atom is -0.383 e. The molecular weight excluding hydrogens is 283 g/mol. The summed E-state index contributed by atoms with van der Waals surface area (Å²) in [6.45, 7) is 2.91. The van der Waals surface area contributed by atoms with Gasteiger partial charge in [-0.3, -0.25) is 4.79 Å². The first-order valence-electron chi connectivity index (χ1n) is 6.83. The van der Waals surface area contributed by atoms with Crippen molar-refractivity contribution in [2.24, 2.45) is 5.73 Å². The lowest BCUT2D eigenvalue weighted by Gasteiger charge is -2.15. The number of nitrogens with one attached hydrogen (secondary N) is 2. The molecule has 0 radical (unpaired) electrons. The molecule has 0 heterocycles. The summed E-state index contributed by atoms with van der Waals surface area (Å²) in [5.74, 6) is -0.348. The third-order valence-electron chi connectivity index (χ3n) is 2.79. The van der Waals surface area contributed by atoms with Crippen molar-refractivity contribution in [2.75, 3.05) is 23.7 Å². The van der Waals surface area contributed by atoms with E-state index in [0.717, 1.165) is 18.6 Å². The van der Waals surface area contributed by atoms with E-state index < -0.39 is 11.7 Å². The van der Waals surface area contributed by atoms with Gasteiger partial charge in [-0.1, -0.05) is 6.92 Å². The van der Waals surface area contributed by atoms with Crippen molar-refractivity contribution < 1.29 is 18.0 Å². The van der Waals surface area contributed by atoms with Gasteiger partial charge in [0.05, 0.1) is 16.9 Å². The van der Waals surface area contributed by atoms with Gasteiger partial charge in [0.25, 0.3) is 0 Å². The number of hydrogen-bond donors (Lipinski definition) is 3. The molecule has 0 saturated heterocycles. The summed E-state index contributed by atoms with van der Waals surface area (Å²) in [7, 11) is 0. The highest BCUT2D eigenvalue weighted by atomic mass is 19.4. The first-order valence-corrected chi connectivity index (χ1v) is 6.83. The molecule has 1 aromatic rings. The highest BCUT2D eigenvalue weighted by Gasteiger charge is 2.31. The standard InChI is InChI=1S/C14H20F3N3O/c1-2-8-19-11-6-5-10(14(15,16)17)9-12(11)20-13(21)4-3-7-18/h5-6,9,19H,2-4,7-8,18H2,1H3,(H,20,21). The Hall–Kier alpha value is -1.76. The molecule has 0 aliphatic heterocycles. The van der Waals surface area contributed by atoms with Crippen molar-refractivity contribution in [2.45, 2.75) is 32.4 Å². The quantitative estimate of drug-likeness (QED) is 0.724. The van der Waals surface area contributed by atoms with Crippen LogP contribution in [0.3, 0.4) is 0 Å². The summed E-state index contributed by atoms with van der Waals surface area (Å²) in [5, 5.41) is 5.51. The van der Waals surface area contributed by atoms with Crippen molar-refractivity contribution in [3.05, 3.63) is 23.8 Å². The van der Waals surface area contributed by atoms with Crippen molar-refractivity contribution in [3.63, 3.8) is 0 Å². The number of carbonyl (C=O) groups excluding carboxylic acids is 1. The fraction of sp³-hybridized carbons (Fsp3) is 0.500. The Morgan fingerprint density at radius 3 is 2.57 bits per heavy atom. The van der Waals surface area contributed by atoms with Gasteiger partial charge in [0.1, 0.15) is 0 Å². The molecule has 0 saturated carbocycles. The van der Waals surface area contributed by atoms with Crippen LogP contribution in [0.25, 0.3) is 0 Å². The molecule has 0 aliphatic rings. The Morgan fingerprint density at radius 2 is 2.00 bits per heavy atom. The molecule has 0 aromatic heterocycles. The average Bonchev–Trinajstić information content (AvgIpc) is 2.42. The van der Waals surface area contributed by atoms with Gasteiger partial charge in [-0.2, -0.15) is 13.2 Å². The lowest BCUT2D eigenvalue weighted by Crippen LogP contribution is -2.16. The number of hydrogen-bond acceptors (Lipinski definition) is 3. The van der Waals surface area contributed by atoms with E-state index in [1.807, 2.05) is 6.92 Å². The third kappa shape index (κ3) is 5.63. The molecule has 7 heteroatoms. The van der Waals surface area contributed by atoms with Crippen LogP contribution in [-0.2, 0) is 11.0 Å². The number of amides is 1. The summed E-state index contributed by atoms with van der Waals surface area (Å²) in [6.07, 6.45) is -2.95. The zero-order valence-electron chi connectivity index (χ0n) is 11.9. The molecule has 4 nitrogen and oxygen atoms in total. The first kappa shape index (κ1) is 17.3. The van der Waals surface area contributed by atoms with E-state index >= 15 is 0 Å². The highest BCUT2D eigenvalue weighted by molar-refractivity contribution is 5.94. The maximum absolute atomic E-state index is 12.7. The van der Waals surface area contributed by atoms with Crippen molar-refractivity contribution >= 4 is 17.3 Å². The number of nitrogens with two attached hydrogens (primary N) is 1. The Morgan fingerprint density at radius 1 is 1.29 bits per heavy atom. The number of benzene rings is 1. The molecule has 1 amide bonds. The molecule has 21 heavy (non-hydrogen) atoms. The summed E-state index contributed by atoms with van der Waals surface area (Å²) in [5.41, 5.74) is 5.13. The molecule has 118 valence electrons. The molecule has 0 fully saturated rings. The highest BCUT2D eigenvalue weighted by Crippen LogP contribution is 2.34. The van der Waals surface area contributed by atoms with E-state index in [2.05, 4.69) is 10.6 Å². The SMILES string of the molecule is CCCNc1ccc(C(F)(F)F)cc1NC(=O)CCCN. The molecule has 4 N–H and O–H groups in total. The molecule has 0 aliphatic carbocycles. The number of carbonyl (C=O) groups is 1. The first-order chi connectivity index (χ1) is 9.88. The number of anilines is 2. The zero-order valence-corrected chi connectivity index (χ0v) is 11.9. The van der Waals surface area contributed by atoms with Crippen LogP contribution in [0, 0.1) is 0 Å². The van der Waals surface area contributed by atoms with Gasteiger partial charge >= 0.3 is 6.18 Å². The van der Waals surface area contributed by atoms with Crippen LogP contribution in [0.4, 0.5) is 24.5 Å². The summed E-state index contributed by atoms with van der Waals surface area (Å²) in [6, 6.07) is 3.27. The van der Waals surface area contributed by atoms with Gasteiger partial charge in [-0.15, -0.1) is 0 Å². The second kappa shape index (κ2) is 7.87. The predicted molar refractivity (Wildman–Crippen MR) is 77.1 cm³/mol. The van der Waals surface area contributed by atoms with Gasteiger partial charge in [-0.05, 0) is 37.6 Å². The molecule has 1 rings (SSSR count). The van der Waals surface area contributed by atoms with E-state index in [0.29, 0.717) is 25.2 Å². The Balaban J connectivity index is 2.96. The summed E-state index contributed by atoms with van der Waals surface area (Å²) in [4.78, 5) is 11.7. The molecule has 0 unspecified atom stereocenters. The number of halogens is 3. The normalized spacial score (nSPS) is 11.3. The topological polar surface area (TPSA) is 67.1 Å². The van der Waals surface area contributed by atoms with Crippen molar-refractivity contribution in [1.29, 1.82) is 0 Å². The fourth-order valence-electron chi connectivity index (χ4n) is 1.71. The monoisotopic (exact) mass is 303 g/mol. The van der Waals surface area contributed by atoms with Crippen molar-refractivity contribution in [1.82, 2.24) is 0 Å². The van der Waals surface area contributed by atoms with Crippen molar-refractivity contribution in [3.8, 4) is 0 Å². The van der Waals surface area contributed by atoms with Gasteiger partial charge in [0, 0.05) is 13.0 Å². The lowest BCUT2D eigenvalue weighted by atomic mass is 10.1. The van der Waals surface area contributed by atoms with Gasteiger partial charge in [0.2, 0.25) is 5.91 Å². The predicted octanol–water partition coefficient (Wildman–Crippen LogP) is 3.20. The Kier molecular flexibility index (Phi) is 6.48. The number of rotatable bonds is 7. The molecule has 1 aromatic carbocycles. The maximum atomic E-state index is 12.7. The van der Waals surface area contributed by atoms with E-state index in [4.69, 9.17) is 5.73 Å². The molecular formula is C14H20F3N3O. The fourth-order valence-corrected chi connectivity index (χ4v) is 1.71. The third-order valence-corrected chi connectivity index (χ3v) is 2.79. The second-order valence-corrected chi connectivity index (χ2v) is 4.63. The van der Waals surface area contributed by atoms with Crippen LogP contribution in [0.5, 0.6) is 0 Å². The van der Waals surface area contributed by atoms with E-state index in [1.165, 1.54) is 6.07 Å². The smallest absolute Gasteiger partial charge is 0.383 e. The molecule has 0 spiro atoms. The average molecular weight is 303 g/mol. The minimum atomic E-state index is -4.44. The lowest BCUT2D eigenvalue weighted by molar-refractivity contribution is -0.137. The van der Waals surface area contributed by atoms with Crippen LogP contribution in [0.2, 0.25) is 0 Å². The van der Waals surface area contributed by atoms with Crippen LogP contribution < -0.4 is 16.4 Å². The van der Waals surface area contributed by atoms with Crippen LogP contribution in [0.15, 0.2) is 18.2 Å². The molecule has 0 atom stereocenters. The van der Waals surface area contributed by atoms with Crippen LogP contribution >= 0.6 is 0 Å². The zero-order chi connectivity index (χ0) is 15.9. The van der Waals surface area contributed by atoms with E-state index in [-0.39, 0.29) is 18.0 Å². The van der Waals surface area contributed by atoms with E-state index in [9.17, 15) is 18.0 Å². The van der Waals surface area contributed by atoms with Gasteiger partial charge in [-0.25, -0.2) is 0 Å². The minimum absolute atomic E-state index is 0.139. The van der Waals surface area contributed by atoms with Crippen LogP contribution in [0.1, 0.15) is 31.7 Å². The van der Waals surface area contributed by atoms with Gasteiger partial charge < -0.3 is 16.4 Å². The maximum Gasteiger partial charge on any atom is 0.416 e. The Labute approximate surface area is 121 Å².